The molecule has 5 nitrogen and oxygen atoms in total. The highest BCUT2D eigenvalue weighted by molar-refractivity contribution is 5.86. The zero-order valence-corrected chi connectivity index (χ0v) is 15.8. The molecule has 2 aliphatic heterocycles. The SMILES string of the molecule is O=C1N([C@H]2CC[C@H](O)CC2)CCC12CCCN(c1ncccc1C(F)(F)F)C2. The van der Waals surface area contributed by atoms with Crippen LogP contribution in [0, 0.1) is 5.41 Å². The van der Waals surface area contributed by atoms with E-state index in [1.165, 1.54) is 12.3 Å². The Hall–Kier alpha value is -1.83. The molecule has 0 aromatic carbocycles. The highest BCUT2D eigenvalue weighted by atomic mass is 19.4. The van der Waals surface area contributed by atoms with Crippen LogP contribution in [0.25, 0.3) is 0 Å². The van der Waals surface area contributed by atoms with Crippen LogP contribution < -0.4 is 4.90 Å². The second-order valence-corrected chi connectivity index (χ2v) is 8.39. The molecule has 3 fully saturated rings. The number of rotatable bonds is 2. The van der Waals surface area contributed by atoms with Crippen LogP contribution in [0.2, 0.25) is 0 Å². The van der Waals surface area contributed by atoms with Crippen LogP contribution in [0.4, 0.5) is 19.0 Å². The van der Waals surface area contributed by atoms with Crippen LogP contribution in [0.1, 0.15) is 50.5 Å². The van der Waals surface area contributed by atoms with Crippen molar-refractivity contribution in [3.05, 3.63) is 23.9 Å². The number of halogens is 3. The fourth-order valence-electron chi connectivity index (χ4n) is 5.13. The number of piperidine rings is 1. The van der Waals surface area contributed by atoms with E-state index in [2.05, 4.69) is 4.98 Å². The minimum Gasteiger partial charge on any atom is -0.393 e. The lowest BCUT2D eigenvalue weighted by atomic mass is 9.78. The van der Waals surface area contributed by atoms with E-state index in [-0.39, 0.29) is 30.4 Å². The third kappa shape index (κ3) is 3.47. The predicted molar refractivity (Wildman–Crippen MR) is 97.7 cm³/mol. The van der Waals surface area contributed by atoms with E-state index >= 15 is 0 Å². The number of hydrogen-bond acceptors (Lipinski definition) is 4. The lowest BCUT2D eigenvalue weighted by Crippen LogP contribution is -2.50. The van der Waals surface area contributed by atoms with Gasteiger partial charge in [0, 0.05) is 31.9 Å². The fraction of sp³-hybridized carbons (Fsp3) is 0.700. The van der Waals surface area contributed by atoms with Crippen molar-refractivity contribution >= 4 is 11.7 Å². The Morgan fingerprint density at radius 2 is 1.89 bits per heavy atom. The van der Waals surface area contributed by atoms with E-state index in [9.17, 15) is 23.1 Å². The quantitative estimate of drug-likeness (QED) is 0.833. The Bertz CT molecular complexity index is 734. The molecule has 1 saturated carbocycles. The average Bonchev–Trinajstić information content (AvgIpc) is 2.98. The van der Waals surface area contributed by atoms with Crippen molar-refractivity contribution in [2.24, 2.45) is 5.41 Å². The third-order valence-corrected chi connectivity index (χ3v) is 6.62. The largest absolute Gasteiger partial charge is 0.419 e. The van der Waals surface area contributed by atoms with Crippen LogP contribution in [0.5, 0.6) is 0 Å². The maximum Gasteiger partial charge on any atom is 0.419 e. The highest BCUT2D eigenvalue weighted by Gasteiger charge is 2.51. The Morgan fingerprint density at radius 3 is 2.61 bits per heavy atom. The summed E-state index contributed by atoms with van der Waals surface area (Å²) in [6, 6.07) is 2.50. The monoisotopic (exact) mass is 397 g/mol. The van der Waals surface area contributed by atoms with Crippen LogP contribution in [-0.2, 0) is 11.0 Å². The van der Waals surface area contributed by atoms with Crippen LogP contribution >= 0.6 is 0 Å². The van der Waals surface area contributed by atoms with Gasteiger partial charge in [-0.3, -0.25) is 4.79 Å². The summed E-state index contributed by atoms with van der Waals surface area (Å²) < 4.78 is 40.3. The van der Waals surface area contributed by atoms with Gasteiger partial charge in [0.2, 0.25) is 5.91 Å². The number of aliphatic hydroxyl groups is 1. The number of hydrogen-bond donors (Lipinski definition) is 1. The number of amides is 1. The van der Waals surface area contributed by atoms with Crippen molar-refractivity contribution in [1.29, 1.82) is 0 Å². The molecule has 3 aliphatic rings. The number of aromatic nitrogens is 1. The molecule has 1 unspecified atom stereocenters. The Balaban J connectivity index is 1.54. The number of nitrogens with zero attached hydrogens (tertiary/aromatic N) is 3. The van der Waals surface area contributed by atoms with Gasteiger partial charge in [-0.1, -0.05) is 0 Å². The molecule has 4 rings (SSSR count). The summed E-state index contributed by atoms with van der Waals surface area (Å²) in [5.74, 6) is 0.00388. The first-order valence-corrected chi connectivity index (χ1v) is 10.1. The number of carbonyl (C=O) groups excluding carboxylic acids is 1. The third-order valence-electron chi connectivity index (χ3n) is 6.62. The molecule has 0 bridgehead atoms. The van der Waals surface area contributed by atoms with Gasteiger partial charge in [-0.15, -0.1) is 0 Å². The van der Waals surface area contributed by atoms with Gasteiger partial charge in [0.15, 0.2) is 0 Å². The molecule has 1 aliphatic carbocycles. The van der Waals surface area contributed by atoms with Gasteiger partial charge < -0.3 is 14.9 Å². The number of alkyl halides is 3. The second kappa shape index (κ2) is 7.21. The van der Waals surface area contributed by atoms with E-state index in [1.54, 1.807) is 4.90 Å². The minimum absolute atomic E-state index is 0.0684. The summed E-state index contributed by atoms with van der Waals surface area (Å²) in [5, 5.41) is 9.72. The van der Waals surface area contributed by atoms with Crippen LogP contribution in [-0.4, -0.2) is 52.7 Å². The average molecular weight is 397 g/mol. The minimum atomic E-state index is -4.47. The predicted octanol–water partition coefficient (Wildman–Crippen LogP) is 3.22. The van der Waals surface area contributed by atoms with Gasteiger partial charge in [0.05, 0.1) is 17.1 Å². The first-order chi connectivity index (χ1) is 13.3. The topological polar surface area (TPSA) is 56.7 Å². The molecule has 1 atom stereocenters. The van der Waals surface area contributed by atoms with E-state index < -0.39 is 17.2 Å². The molecule has 1 aromatic rings. The van der Waals surface area contributed by atoms with Gasteiger partial charge in [0.25, 0.3) is 0 Å². The summed E-state index contributed by atoms with van der Waals surface area (Å²) in [4.78, 5) is 20.9. The fourth-order valence-corrected chi connectivity index (χ4v) is 5.13. The van der Waals surface area contributed by atoms with Gasteiger partial charge in [-0.25, -0.2) is 4.98 Å². The van der Waals surface area contributed by atoms with E-state index in [1.807, 2.05) is 4.90 Å². The van der Waals surface area contributed by atoms with Gasteiger partial charge >= 0.3 is 6.18 Å². The van der Waals surface area contributed by atoms with Crippen molar-refractivity contribution in [1.82, 2.24) is 9.88 Å². The van der Waals surface area contributed by atoms with Crippen molar-refractivity contribution in [3.8, 4) is 0 Å². The summed E-state index contributed by atoms with van der Waals surface area (Å²) in [6.07, 6.45) is 1.70. The van der Waals surface area contributed by atoms with E-state index in [4.69, 9.17) is 0 Å². The molecule has 2 saturated heterocycles. The number of pyridine rings is 1. The number of aliphatic hydroxyl groups excluding tert-OH is 1. The second-order valence-electron chi connectivity index (χ2n) is 8.39. The first kappa shape index (κ1) is 19.5. The maximum atomic E-state index is 13.4. The van der Waals surface area contributed by atoms with Gasteiger partial charge in [0.1, 0.15) is 5.82 Å². The molecule has 8 heteroatoms. The van der Waals surface area contributed by atoms with Gasteiger partial charge in [-0.2, -0.15) is 13.2 Å². The van der Waals surface area contributed by atoms with E-state index in [0.29, 0.717) is 45.2 Å². The lowest BCUT2D eigenvalue weighted by molar-refractivity contribution is -0.139. The number of anilines is 1. The Morgan fingerprint density at radius 1 is 1.14 bits per heavy atom. The molecule has 1 N–H and O–H groups in total. The number of likely N-dealkylation sites (tertiary alicyclic amines) is 1. The molecule has 1 aromatic heterocycles. The summed E-state index contributed by atoms with van der Waals surface area (Å²) in [5.41, 5.74) is -1.36. The molecule has 1 spiro atoms. The van der Waals surface area contributed by atoms with Crippen molar-refractivity contribution in [2.45, 2.75) is 63.3 Å². The maximum absolute atomic E-state index is 13.4. The number of carbonyl (C=O) groups is 1. The molecular weight excluding hydrogens is 371 g/mol. The normalized spacial score (nSPS) is 31.6. The molecule has 154 valence electrons. The standard InChI is InChI=1S/C20H26F3N3O2/c21-20(22,23)16-3-1-10-24-17(16)25-11-2-8-19(13-25)9-12-26(18(19)28)14-4-6-15(27)7-5-14/h1,3,10,14-15,27H,2,4-9,11-13H2/t14-,15-,19?. The molecular formula is C20H26F3N3O2. The smallest absolute Gasteiger partial charge is 0.393 e. The summed E-state index contributed by atoms with van der Waals surface area (Å²) in [6.45, 7) is 1.42. The van der Waals surface area contributed by atoms with Crippen LogP contribution in [0.3, 0.4) is 0 Å². The summed E-state index contributed by atoms with van der Waals surface area (Å²) >= 11 is 0. The van der Waals surface area contributed by atoms with Crippen molar-refractivity contribution in [2.75, 3.05) is 24.5 Å². The van der Waals surface area contributed by atoms with Crippen LogP contribution in [0.15, 0.2) is 18.3 Å². The molecule has 0 radical (unpaired) electrons. The zero-order valence-electron chi connectivity index (χ0n) is 15.8. The van der Waals surface area contributed by atoms with E-state index in [0.717, 1.165) is 18.9 Å². The highest BCUT2D eigenvalue weighted by Crippen LogP contribution is 2.45. The van der Waals surface area contributed by atoms with Gasteiger partial charge in [-0.05, 0) is 57.1 Å². The zero-order chi connectivity index (χ0) is 19.9. The molecule has 28 heavy (non-hydrogen) atoms. The van der Waals surface area contributed by atoms with Crippen molar-refractivity contribution < 1.29 is 23.1 Å². The Kier molecular flexibility index (Phi) is 5.02. The summed E-state index contributed by atoms with van der Waals surface area (Å²) in [7, 11) is 0. The Labute approximate surface area is 162 Å². The lowest BCUT2D eigenvalue weighted by Gasteiger charge is -2.41. The molecule has 1 amide bonds. The first-order valence-electron chi connectivity index (χ1n) is 10.1. The van der Waals surface area contributed by atoms with Crippen molar-refractivity contribution in [3.63, 3.8) is 0 Å². The molecule has 3 heterocycles.